The summed E-state index contributed by atoms with van der Waals surface area (Å²) >= 11 is 0. The molecule has 0 rings (SSSR count). The highest BCUT2D eigenvalue weighted by atomic mass is 16.7. The maximum absolute atomic E-state index is 9.44. The van der Waals surface area contributed by atoms with Crippen LogP contribution in [0.25, 0.3) is 0 Å². The van der Waals surface area contributed by atoms with Crippen molar-refractivity contribution in [2.24, 2.45) is 0 Å². The van der Waals surface area contributed by atoms with Crippen molar-refractivity contribution in [2.45, 2.75) is 0 Å². The fourth-order valence-corrected chi connectivity index (χ4v) is 0.103. The van der Waals surface area contributed by atoms with E-state index in [0.717, 1.165) is 0 Å². The Balaban J connectivity index is 3.02. The zero-order chi connectivity index (χ0) is 5.70. The van der Waals surface area contributed by atoms with E-state index in [0.29, 0.717) is 0 Å². The number of rotatable bonds is 1. The monoisotopic (exact) mass is 100 g/mol. The van der Waals surface area contributed by atoms with Gasteiger partial charge in [0.15, 0.2) is 6.61 Å². The van der Waals surface area contributed by atoms with Crippen molar-refractivity contribution < 1.29 is 14.6 Å². The van der Waals surface area contributed by atoms with Crippen LogP contribution in [0.4, 0.5) is 4.79 Å². The summed E-state index contributed by atoms with van der Waals surface area (Å²) in [5.41, 5.74) is 0. The van der Waals surface area contributed by atoms with E-state index in [9.17, 15) is 4.79 Å². The summed E-state index contributed by atoms with van der Waals surface area (Å²) in [6, 6.07) is 0. The van der Waals surface area contributed by atoms with Crippen LogP contribution in [0, 0.1) is 12.3 Å². The van der Waals surface area contributed by atoms with Gasteiger partial charge in [-0.15, -0.1) is 6.42 Å². The third-order valence-corrected chi connectivity index (χ3v) is 0.279. The smallest absolute Gasteiger partial charge is 0.450 e. The molecule has 0 aromatic carbocycles. The average Bonchev–Trinajstić information content (AvgIpc) is 1.61. The van der Waals surface area contributed by atoms with Gasteiger partial charge in [-0.25, -0.2) is 4.79 Å². The molecule has 7 heavy (non-hydrogen) atoms. The summed E-state index contributed by atoms with van der Waals surface area (Å²) in [5, 5.41) is 7.73. The first-order chi connectivity index (χ1) is 3.27. The lowest BCUT2D eigenvalue weighted by molar-refractivity contribution is 0.103. The van der Waals surface area contributed by atoms with E-state index in [1.807, 2.05) is 5.92 Å². The second-order valence-electron chi connectivity index (χ2n) is 0.759. The summed E-state index contributed by atoms with van der Waals surface area (Å²) in [6.45, 7) is -0.171. The van der Waals surface area contributed by atoms with Crippen LogP contribution < -0.4 is 0 Å². The van der Waals surface area contributed by atoms with Gasteiger partial charge in [-0.05, 0) is 0 Å². The molecule has 0 unspecified atom stereocenters. The van der Waals surface area contributed by atoms with Crippen LogP contribution in [0.3, 0.4) is 0 Å². The molecule has 0 aromatic heterocycles. The summed E-state index contributed by atoms with van der Waals surface area (Å²) in [5.74, 6) is 2.00. The van der Waals surface area contributed by atoms with E-state index in [4.69, 9.17) is 5.11 Å². The van der Waals surface area contributed by atoms with Gasteiger partial charge >= 0.3 is 6.16 Å². The maximum Gasteiger partial charge on any atom is 0.506 e. The molecule has 0 radical (unpaired) electrons. The SMILES string of the molecule is C#CCOC(=O)O. The van der Waals surface area contributed by atoms with Crippen LogP contribution >= 0.6 is 0 Å². The molecular weight excluding hydrogens is 96.0 g/mol. The topological polar surface area (TPSA) is 46.5 Å². The Hall–Kier alpha value is -1.17. The zero-order valence-electron chi connectivity index (χ0n) is 3.55. The van der Waals surface area contributed by atoms with Crippen LogP contribution in [0.2, 0.25) is 0 Å². The lowest BCUT2D eigenvalue weighted by atomic mass is 10.8. The predicted molar refractivity (Wildman–Crippen MR) is 22.8 cm³/mol. The predicted octanol–water partition coefficient (Wildman–Crippen LogP) is 0.314. The summed E-state index contributed by atoms with van der Waals surface area (Å²) in [6.07, 6.45) is 3.30. The van der Waals surface area contributed by atoms with Crippen LogP contribution in [0.5, 0.6) is 0 Å². The molecule has 0 heterocycles. The molecular formula is C4H4O3. The van der Waals surface area contributed by atoms with Crippen molar-refractivity contribution in [3.8, 4) is 12.3 Å². The first kappa shape index (κ1) is 5.83. The highest BCUT2D eigenvalue weighted by molar-refractivity contribution is 5.56. The van der Waals surface area contributed by atoms with Crippen LogP contribution in [0.15, 0.2) is 0 Å². The quantitative estimate of drug-likeness (QED) is 0.381. The van der Waals surface area contributed by atoms with Gasteiger partial charge in [0.1, 0.15) is 0 Å². The molecule has 0 aliphatic rings. The van der Waals surface area contributed by atoms with Gasteiger partial charge in [0.25, 0.3) is 0 Å². The van der Waals surface area contributed by atoms with Crippen LogP contribution in [0.1, 0.15) is 0 Å². The molecule has 0 aliphatic carbocycles. The van der Waals surface area contributed by atoms with Gasteiger partial charge in [0.05, 0.1) is 0 Å². The molecule has 0 bridgehead atoms. The van der Waals surface area contributed by atoms with Gasteiger partial charge in [-0.1, -0.05) is 5.92 Å². The molecule has 0 spiro atoms. The number of hydrogen-bond donors (Lipinski definition) is 1. The van der Waals surface area contributed by atoms with E-state index in [1.165, 1.54) is 0 Å². The molecule has 0 saturated heterocycles. The Morgan fingerprint density at radius 3 is 2.71 bits per heavy atom. The molecule has 0 aromatic rings. The molecule has 3 nitrogen and oxygen atoms in total. The maximum atomic E-state index is 9.44. The lowest BCUT2D eigenvalue weighted by Gasteiger charge is -1.87. The normalized spacial score (nSPS) is 6.71. The van der Waals surface area contributed by atoms with Crippen LogP contribution in [-0.4, -0.2) is 17.9 Å². The van der Waals surface area contributed by atoms with E-state index in [-0.39, 0.29) is 6.61 Å². The first-order valence-electron chi connectivity index (χ1n) is 1.56. The molecule has 0 saturated carbocycles. The fourth-order valence-electron chi connectivity index (χ4n) is 0.103. The van der Waals surface area contributed by atoms with E-state index in [1.54, 1.807) is 0 Å². The molecule has 0 fully saturated rings. The van der Waals surface area contributed by atoms with Gasteiger partial charge in [0.2, 0.25) is 0 Å². The summed E-state index contributed by atoms with van der Waals surface area (Å²) in [7, 11) is 0. The molecule has 0 atom stereocenters. The highest BCUT2D eigenvalue weighted by Crippen LogP contribution is 1.70. The largest absolute Gasteiger partial charge is 0.506 e. The number of hydrogen-bond acceptors (Lipinski definition) is 2. The van der Waals surface area contributed by atoms with Crippen molar-refractivity contribution >= 4 is 6.16 Å². The Morgan fingerprint density at radius 1 is 2.00 bits per heavy atom. The molecule has 0 amide bonds. The molecule has 3 heteroatoms. The van der Waals surface area contributed by atoms with E-state index < -0.39 is 6.16 Å². The average molecular weight is 100 g/mol. The molecule has 38 valence electrons. The Labute approximate surface area is 40.9 Å². The number of ether oxygens (including phenoxy) is 1. The van der Waals surface area contributed by atoms with Gasteiger partial charge < -0.3 is 9.84 Å². The standard InChI is InChI=1S/C4H4O3/c1-2-3-7-4(5)6/h1H,3H2,(H,5,6). The third kappa shape index (κ3) is 4.83. The highest BCUT2D eigenvalue weighted by Gasteiger charge is 1.88. The van der Waals surface area contributed by atoms with E-state index >= 15 is 0 Å². The summed E-state index contributed by atoms with van der Waals surface area (Å²) in [4.78, 5) is 9.44. The second-order valence-corrected chi connectivity index (χ2v) is 0.759. The summed E-state index contributed by atoms with van der Waals surface area (Å²) < 4.78 is 3.87. The first-order valence-corrected chi connectivity index (χ1v) is 1.56. The van der Waals surface area contributed by atoms with Gasteiger partial charge in [-0.3, -0.25) is 0 Å². The number of terminal acetylenes is 1. The Morgan fingerprint density at radius 2 is 2.57 bits per heavy atom. The molecule has 0 aliphatic heterocycles. The Kier molecular flexibility index (Phi) is 2.53. The minimum absolute atomic E-state index is 0.171. The van der Waals surface area contributed by atoms with Crippen molar-refractivity contribution in [3.05, 3.63) is 0 Å². The van der Waals surface area contributed by atoms with Crippen molar-refractivity contribution in [1.82, 2.24) is 0 Å². The van der Waals surface area contributed by atoms with E-state index in [2.05, 4.69) is 11.2 Å². The van der Waals surface area contributed by atoms with Crippen molar-refractivity contribution in [3.63, 3.8) is 0 Å². The Bertz CT molecular complexity index is 100.0. The number of carboxylic acid groups (broad SMARTS) is 1. The minimum Gasteiger partial charge on any atom is -0.450 e. The van der Waals surface area contributed by atoms with Crippen LogP contribution in [-0.2, 0) is 4.74 Å². The van der Waals surface area contributed by atoms with Gasteiger partial charge in [0, 0.05) is 0 Å². The number of carbonyl (C=O) groups is 1. The third-order valence-electron chi connectivity index (χ3n) is 0.279. The van der Waals surface area contributed by atoms with Crippen molar-refractivity contribution in [1.29, 1.82) is 0 Å². The van der Waals surface area contributed by atoms with Crippen molar-refractivity contribution in [2.75, 3.05) is 6.61 Å². The zero-order valence-corrected chi connectivity index (χ0v) is 3.55. The lowest BCUT2D eigenvalue weighted by Crippen LogP contribution is -1.98. The fraction of sp³-hybridized carbons (Fsp3) is 0.250. The molecule has 1 N–H and O–H groups in total. The minimum atomic E-state index is -1.34. The second kappa shape index (κ2) is 3.04. The van der Waals surface area contributed by atoms with Gasteiger partial charge in [-0.2, -0.15) is 0 Å².